The Morgan fingerprint density at radius 2 is 1.66 bits per heavy atom. The molecule has 0 aromatic heterocycles. The van der Waals surface area contributed by atoms with E-state index in [0.717, 1.165) is 63.1 Å². The normalized spacial score (nSPS) is 22.2. The van der Waals surface area contributed by atoms with Crippen LogP contribution >= 0.6 is 0 Å². The van der Waals surface area contributed by atoms with Gasteiger partial charge in [-0.15, -0.1) is 0 Å². The summed E-state index contributed by atoms with van der Waals surface area (Å²) in [5.74, 6) is 0.103. The van der Waals surface area contributed by atoms with Crippen LogP contribution in [0.5, 0.6) is 11.5 Å². The lowest BCUT2D eigenvalue weighted by atomic mass is 9.88. The molecule has 3 aromatic carbocycles. The first-order valence-electron chi connectivity index (χ1n) is 20.8. The second-order valence-corrected chi connectivity index (χ2v) is 16.9. The second kappa shape index (κ2) is 16.9. The topological polar surface area (TPSA) is 106 Å². The standard InChI is InChI=1S/C46H53F2N5O5/c1-29-4-3-5-33(20-29)30(2)28-58-43-24-36(54)8-7-34(43)21-32-6-9-40(38(47)22-32)51-14-12-31(13-15-51)26-50-16-18-52(19-17-50)42-23-35-27-53(46(57)37(35)25-39(42)48)41-10-11-44(55)49-45(41)56/h3-9,22-25,29-31,41,54H,10-21,26-28H2,1-2H3,(H,49,55,56)/t29?,30-,41+/m1/s1. The average molecular weight is 794 g/mol. The minimum atomic E-state index is -0.734. The second-order valence-electron chi connectivity index (χ2n) is 16.9. The molecule has 5 aliphatic rings. The van der Waals surface area contributed by atoms with E-state index in [4.69, 9.17) is 4.74 Å². The van der Waals surface area contributed by atoms with Gasteiger partial charge in [-0.1, -0.05) is 49.8 Å². The zero-order valence-electron chi connectivity index (χ0n) is 33.4. The number of allylic oxidation sites excluding steroid dienone is 3. The number of rotatable bonds is 11. The molecular formula is C46H53F2N5O5. The minimum absolute atomic E-state index is 0.139. The van der Waals surface area contributed by atoms with Gasteiger partial charge >= 0.3 is 0 Å². The van der Waals surface area contributed by atoms with Crippen LogP contribution in [0.3, 0.4) is 0 Å². The molecule has 58 heavy (non-hydrogen) atoms. The highest BCUT2D eigenvalue weighted by atomic mass is 19.1. The van der Waals surface area contributed by atoms with Crippen molar-refractivity contribution in [1.29, 1.82) is 0 Å². The summed E-state index contributed by atoms with van der Waals surface area (Å²) in [6.07, 6.45) is 10.3. The van der Waals surface area contributed by atoms with Crippen molar-refractivity contribution in [1.82, 2.24) is 15.1 Å². The van der Waals surface area contributed by atoms with E-state index in [1.54, 1.807) is 24.3 Å². The third kappa shape index (κ3) is 8.62. The van der Waals surface area contributed by atoms with E-state index in [-0.39, 0.29) is 54.2 Å². The smallest absolute Gasteiger partial charge is 0.255 e. The number of piperazine rings is 1. The first-order valence-corrected chi connectivity index (χ1v) is 20.8. The number of anilines is 2. The van der Waals surface area contributed by atoms with Gasteiger partial charge in [-0.25, -0.2) is 8.78 Å². The van der Waals surface area contributed by atoms with Gasteiger partial charge in [0, 0.05) is 82.7 Å². The van der Waals surface area contributed by atoms with Gasteiger partial charge in [0.05, 0.1) is 18.0 Å². The van der Waals surface area contributed by atoms with E-state index >= 15 is 8.78 Å². The number of hydrogen-bond acceptors (Lipinski definition) is 8. The molecule has 3 fully saturated rings. The van der Waals surface area contributed by atoms with Gasteiger partial charge in [0.15, 0.2) is 0 Å². The van der Waals surface area contributed by atoms with E-state index < -0.39 is 17.8 Å². The molecule has 10 nitrogen and oxygen atoms in total. The average Bonchev–Trinajstić information content (AvgIpc) is 3.52. The predicted octanol–water partition coefficient (Wildman–Crippen LogP) is 6.60. The highest BCUT2D eigenvalue weighted by Gasteiger charge is 2.40. The molecule has 12 heteroatoms. The van der Waals surface area contributed by atoms with Gasteiger partial charge in [0.25, 0.3) is 5.91 Å². The molecule has 4 heterocycles. The number of halogens is 2. The third-order valence-corrected chi connectivity index (χ3v) is 12.7. The van der Waals surface area contributed by atoms with Crippen molar-refractivity contribution in [3.8, 4) is 11.5 Å². The first-order chi connectivity index (χ1) is 28.0. The number of aromatic hydroxyl groups is 1. The predicted molar refractivity (Wildman–Crippen MR) is 219 cm³/mol. The number of fused-ring (bicyclic) bond motifs is 1. The number of carbonyl (C=O) groups excluding carboxylic acids is 3. The lowest BCUT2D eigenvalue weighted by molar-refractivity contribution is -0.136. The summed E-state index contributed by atoms with van der Waals surface area (Å²) < 4.78 is 37.4. The Hall–Kier alpha value is -5.23. The number of piperidine rings is 2. The Labute approximate surface area is 339 Å². The quantitative estimate of drug-likeness (QED) is 0.210. The molecule has 1 aliphatic carbocycles. The van der Waals surface area contributed by atoms with Crippen LogP contribution in [0.25, 0.3) is 0 Å². The zero-order valence-corrected chi connectivity index (χ0v) is 33.4. The van der Waals surface area contributed by atoms with Crippen molar-refractivity contribution in [3.05, 3.63) is 106 Å². The number of phenolic OH excluding ortho intramolecular Hbond substituents is 1. The van der Waals surface area contributed by atoms with Crippen molar-refractivity contribution in [3.63, 3.8) is 0 Å². The lowest BCUT2D eigenvalue weighted by Gasteiger charge is -2.40. The maximum atomic E-state index is 15.7. The van der Waals surface area contributed by atoms with Crippen molar-refractivity contribution in [2.75, 3.05) is 62.2 Å². The Bertz CT molecular complexity index is 2120. The molecule has 2 N–H and O–H groups in total. The molecule has 3 amide bonds. The molecule has 3 saturated heterocycles. The molecule has 0 radical (unpaired) electrons. The molecule has 0 saturated carbocycles. The van der Waals surface area contributed by atoms with Crippen LogP contribution in [0, 0.1) is 29.4 Å². The van der Waals surface area contributed by atoms with Crippen LogP contribution in [0.15, 0.2) is 72.3 Å². The van der Waals surface area contributed by atoms with Crippen LogP contribution in [0.1, 0.15) is 73.0 Å². The van der Waals surface area contributed by atoms with Crippen molar-refractivity contribution in [2.45, 2.75) is 65.0 Å². The van der Waals surface area contributed by atoms with E-state index in [2.05, 4.69) is 47.2 Å². The number of amides is 3. The molecule has 1 unspecified atom stereocenters. The Balaban J connectivity index is 0.810. The highest BCUT2D eigenvalue weighted by Crippen LogP contribution is 2.35. The van der Waals surface area contributed by atoms with Gasteiger partial charge in [0.1, 0.15) is 29.2 Å². The van der Waals surface area contributed by atoms with E-state index in [1.165, 1.54) is 16.5 Å². The summed E-state index contributed by atoms with van der Waals surface area (Å²) in [7, 11) is 0. The summed E-state index contributed by atoms with van der Waals surface area (Å²) in [4.78, 5) is 45.2. The number of phenols is 1. The molecular weight excluding hydrogens is 741 g/mol. The van der Waals surface area contributed by atoms with Crippen LogP contribution in [0.4, 0.5) is 20.2 Å². The summed E-state index contributed by atoms with van der Waals surface area (Å²) >= 11 is 0. The number of carbonyl (C=O) groups is 3. The number of imide groups is 1. The minimum Gasteiger partial charge on any atom is -0.508 e. The largest absolute Gasteiger partial charge is 0.508 e. The molecule has 8 rings (SSSR count). The molecule has 0 spiro atoms. The zero-order chi connectivity index (χ0) is 40.5. The maximum Gasteiger partial charge on any atom is 0.255 e. The van der Waals surface area contributed by atoms with Crippen LogP contribution in [-0.4, -0.2) is 91.1 Å². The molecule has 306 valence electrons. The van der Waals surface area contributed by atoms with Crippen molar-refractivity contribution < 1.29 is 33.0 Å². The van der Waals surface area contributed by atoms with E-state index in [1.807, 2.05) is 23.1 Å². The number of ether oxygens (including phenoxy) is 1. The fraction of sp³-hybridized carbons (Fsp3) is 0.457. The van der Waals surface area contributed by atoms with Gasteiger partial charge in [0.2, 0.25) is 11.8 Å². The van der Waals surface area contributed by atoms with Crippen molar-refractivity contribution in [2.24, 2.45) is 17.8 Å². The van der Waals surface area contributed by atoms with Crippen LogP contribution < -0.4 is 19.9 Å². The molecule has 3 atom stereocenters. The molecule has 4 aliphatic heterocycles. The Morgan fingerprint density at radius 1 is 0.897 bits per heavy atom. The number of nitrogens with zero attached hydrogens (tertiary/aromatic N) is 4. The fourth-order valence-corrected chi connectivity index (χ4v) is 9.24. The lowest BCUT2D eigenvalue weighted by Crippen LogP contribution is -2.52. The highest BCUT2D eigenvalue weighted by molar-refractivity contribution is 6.05. The first kappa shape index (κ1) is 39.6. The third-order valence-electron chi connectivity index (χ3n) is 12.7. The molecule has 0 bridgehead atoms. The summed E-state index contributed by atoms with van der Waals surface area (Å²) in [5, 5.41) is 12.5. The van der Waals surface area contributed by atoms with E-state index in [0.29, 0.717) is 60.6 Å². The van der Waals surface area contributed by atoms with Gasteiger partial charge in [-0.3, -0.25) is 24.6 Å². The summed E-state index contributed by atoms with van der Waals surface area (Å²) in [6.45, 7) is 10.5. The van der Waals surface area contributed by atoms with Crippen LogP contribution in [-0.2, 0) is 22.6 Å². The number of nitrogens with one attached hydrogen (secondary N) is 1. The van der Waals surface area contributed by atoms with Gasteiger partial charge in [-0.05, 0) is 84.5 Å². The maximum absolute atomic E-state index is 15.7. The Kier molecular flexibility index (Phi) is 11.6. The summed E-state index contributed by atoms with van der Waals surface area (Å²) in [6, 6.07) is 13.0. The monoisotopic (exact) mass is 793 g/mol. The fourth-order valence-electron chi connectivity index (χ4n) is 9.24. The van der Waals surface area contributed by atoms with Crippen LogP contribution in [0.2, 0.25) is 0 Å². The molecule has 3 aromatic rings. The van der Waals surface area contributed by atoms with E-state index in [9.17, 15) is 19.5 Å². The number of benzene rings is 3. The Morgan fingerprint density at radius 3 is 2.40 bits per heavy atom. The number of hydrogen-bond donors (Lipinski definition) is 2. The van der Waals surface area contributed by atoms with Crippen molar-refractivity contribution >= 4 is 29.1 Å². The van der Waals surface area contributed by atoms with Gasteiger partial charge < -0.3 is 24.5 Å². The summed E-state index contributed by atoms with van der Waals surface area (Å²) in [5.41, 5.74) is 5.16. The SMILES string of the molecule is CC1C=CC=C([C@H](C)COc2cc(O)ccc2Cc2ccc(N3CCC(CN4CCN(c5cc6c(cc5F)C(=O)N([C@H]5CCC(=O)NC5=O)C6)CC4)CC3)c(F)c2)C1. The van der Waals surface area contributed by atoms with Gasteiger partial charge in [-0.2, -0.15) is 0 Å².